The van der Waals surface area contributed by atoms with Crippen LogP contribution in [0.5, 0.6) is 0 Å². The summed E-state index contributed by atoms with van der Waals surface area (Å²) in [5.74, 6) is 0. The molecule has 0 amide bonds. The van der Waals surface area contributed by atoms with E-state index >= 15 is 0 Å². The first kappa shape index (κ1) is 18.0. The fraction of sp³-hybridized carbons (Fsp3) is 0.143. The van der Waals surface area contributed by atoms with E-state index in [4.69, 9.17) is 0 Å². The van der Waals surface area contributed by atoms with Crippen LogP contribution in [0.25, 0.3) is 0 Å². The lowest BCUT2D eigenvalue weighted by Gasteiger charge is -2.10. The Kier molecular flexibility index (Phi) is 5.28. The number of anilines is 2. The molecule has 3 rings (SSSR count). The first-order chi connectivity index (χ1) is 12.4. The minimum absolute atomic E-state index is 0.254. The Hall–Kier alpha value is -2.79. The lowest BCUT2D eigenvalue weighted by molar-refractivity contribution is 0.601. The molecule has 0 radical (unpaired) electrons. The van der Waals surface area contributed by atoms with Crippen molar-refractivity contribution in [2.75, 3.05) is 10.0 Å². The Morgan fingerprint density at radius 2 is 1.19 bits per heavy atom. The second kappa shape index (κ2) is 7.62. The maximum absolute atomic E-state index is 12.4. The molecule has 0 saturated heterocycles. The Morgan fingerprint density at radius 3 is 1.77 bits per heavy atom. The fourth-order valence-electron chi connectivity index (χ4n) is 2.50. The summed E-state index contributed by atoms with van der Waals surface area (Å²) in [6.07, 6.45) is 0. The van der Waals surface area contributed by atoms with E-state index < -0.39 is 10.0 Å². The van der Waals surface area contributed by atoms with Gasteiger partial charge in [0.1, 0.15) is 0 Å². The van der Waals surface area contributed by atoms with E-state index in [1.165, 1.54) is 11.1 Å². The van der Waals surface area contributed by atoms with Crippen molar-refractivity contribution in [1.29, 1.82) is 0 Å². The van der Waals surface area contributed by atoms with Crippen molar-refractivity contribution in [3.8, 4) is 0 Å². The number of aryl methyl sites for hydroxylation is 2. The van der Waals surface area contributed by atoms with Crippen molar-refractivity contribution in [2.45, 2.75) is 25.3 Å². The Bertz CT molecular complexity index is 962. The zero-order valence-corrected chi connectivity index (χ0v) is 15.7. The topological polar surface area (TPSA) is 58.2 Å². The molecule has 4 nitrogen and oxygen atoms in total. The fourth-order valence-corrected chi connectivity index (χ4v) is 3.56. The lowest BCUT2D eigenvalue weighted by Crippen LogP contribution is -2.12. The molecule has 0 fully saturated rings. The van der Waals surface area contributed by atoms with Crippen molar-refractivity contribution in [3.63, 3.8) is 0 Å². The predicted octanol–water partition coefficient (Wildman–Crippen LogP) is 4.72. The molecular weight excluding hydrogens is 344 g/mol. The molecule has 3 aromatic rings. The van der Waals surface area contributed by atoms with Crippen molar-refractivity contribution in [3.05, 3.63) is 89.5 Å². The Labute approximate surface area is 155 Å². The van der Waals surface area contributed by atoms with E-state index in [1.807, 2.05) is 19.1 Å². The average Bonchev–Trinajstić information content (AvgIpc) is 2.62. The van der Waals surface area contributed by atoms with E-state index in [9.17, 15) is 8.42 Å². The molecule has 0 atom stereocenters. The molecule has 5 heteroatoms. The van der Waals surface area contributed by atoms with Gasteiger partial charge in [-0.15, -0.1) is 0 Å². The number of rotatable bonds is 6. The Morgan fingerprint density at radius 1 is 0.692 bits per heavy atom. The van der Waals surface area contributed by atoms with Crippen LogP contribution in [-0.2, 0) is 16.6 Å². The van der Waals surface area contributed by atoms with Crippen LogP contribution in [-0.4, -0.2) is 8.42 Å². The zero-order valence-electron chi connectivity index (χ0n) is 14.9. The smallest absolute Gasteiger partial charge is 0.261 e. The molecule has 0 heterocycles. The summed E-state index contributed by atoms with van der Waals surface area (Å²) in [4.78, 5) is 0.254. The maximum atomic E-state index is 12.4. The summed E-state index contributed by atoms with van der Waals surface area (Å²) >= 11 is 0. The monoisotopic (exact) mass is 366 g/mol. The standard InChI is InChI=1S/C21H22N2O2S/c1-16-3-7-18(8-4-16)15-22-19-9-11-20(12-10-19)23-26(24,25)21-13-5-17(2)6-14-21/h3-14,22-23H,15H2,1-2H3. The molecule has 26 heavy (non-hydrogen) atoms. The number of hydrogen-bond acceptors (Lipinski definition) is 3. The molecule has 0 spiro atoms. The third-order valence-corrected chi connectivity index (χ3v) is 5.48. The molecule has 0 aliphatic rings. The highest BCUT2D eigenvalue weighted by molar-refractivity contribution is 7.92. The van der Waals surface area contributed by atoms with E-state index in [-0.39, 0.29) is 4.90 Å². The average molecular weight is 366 g/mol. The van der Waals surface area contributed by atoms with Crippen molar-refractivity contribution in [1.82, 2.24) is 0 Å². The first-order valence-corrected chi connectivity index (χ1v) is 9.90. The summed E-state index contributed by atoms with van der Waals surface area (Å²) in [5.41, 5.74) is 4.92. The molecule has 0 aliphatic heterocycles. The van der Waals surface area contributed by atoms with Crippen LogP contribution in [0.3, 0.4) is 0 Å². The third kappa shape index (κ3) is 4.64. The lowest BCUT2D eigenvalue weighted by atomic mass is 10.1. The second-order valence-corrected chi connectivity index (χ2v) is 8.02. The molecule has 0 aliphatic carbocycles. The molecule has 3 aromatic carbocycles. The van der Waals surface area contributed by atoms with Gasteiger partial charge in [-0.05, 0) is 55.8 Å². The van der Waals surface area contributed by atoms with Crippen molar-refractivity contribution in [2.24, 2.45) is 0 Å². The van der Waals surface area contributed by atoms with Crippen LogP contribution < -0.4 is 10.0 Å². The number of nitrogens with one attached hydrogen (secondary N) is 2. The van der Waals surface area contributed by atoms with Crippen LogP contribution in [0.4, 0.5) is 11.4 Å². The SMILES string of the molecule is Cc1ccc(CNc2ccc(NS(=O)(=O)c3ccc(C)cc3)cc2)cc1. The highest BCUT2D eigenvalue weighted by Crippen LogP contribution is 2.19. The summed E-state index contributed by atoms with van der Waals surface area (Å²) in [6, 6.07) is 22.4. The summed E-state index contributed by atoms with van der Waals surface area (Å²) < 4.78 is 27.4. The number of hydrogen-bond donors (Lipinski definition) is 2. The minimum Gasteiger partial charge on any atom is -0.381 e. The summed E-state index contributed by atoms with van der Waals surface area (Å²) in [7, 11) is -3.57. The summed E-state index contributed by atoms with van der Waals surface area (Å²) in [5, 5.41) is 3.33. The number of sulfonamides is 1. The second-order valence-electron chi connectivity index (χ2n) is 6.34. The number of benzene rings is 3. The van der Waals surface area contributed by atoms with Crippen LogP contribution in [0.1, 0.15) is 16.7 Å². The maximum Gasteiger partial charge on any atom is 0.261 e. The van der Waals surface area contributed by atoms with Gasteiger partial charge >= 0.3 is 0 Å². The van der Waals surface area contributed by atoms with Crippen LogP contribution in [0, 0.1) is 13.8 Å². The van der Waals surface area contributed by atoms with Crippen molar-refractivity contribution >= 4 is 21.4 Å². The summed E-state index contributed by atoms with van der Waals surface area (Å²) in [6.45, 7) is 4.70. The molecule has 134 valence electrons. The van der Waals surface area contributed by atoms with Gasteiger partial charge < -0.3 is 5.32 Å². The van der Waals surface area contributed by atoms with Gasteiger partial charge in [-0.25, -0.2) is 8.42 Å². The van der Waals surface area contributed by atoms with Gasteiger partial charge in [-0.3, -0.25) is 4.72 Å². The normalized spacial score (nSPS) is 11.2. The van der Waals surface area contributed by atoms with Gasteiger partial charge in [0.25, 0.3) is 10.0 Å². The molecule has 0 saturated carbocycles. The third-order valence-electron chi connectivity index (χ3n) is 4.09. The molecule has 2 N–H and O–H groups in total. The van der Waals surface area contributed by atoms with E-state index in [1.54, 1.807) is 36.4 Å². The highest BCUT2D eigenvalue weighted by atomic mass is 32.2. The van der Waals surface area contributed by atoms with E-state index in [0.717, 1.165) is 11.3 Å². The molecule has 0 aromatic heterocycles. The van der Waals surface area contributed by atoms with Crippen LogP contribution >= 0.6 is 0 Å². The van der Waals surface area contributed by atoms with Gasteiger partial charge in [0.2, 0.25) is 0 Å². The predicted molar refractivity (Wildman–Crippen MR) is 107 cm³/mol. The van der Waals surface area contributed by atoms with Gasteiger partial charge in [-0.2, -0.15) is 0 Å². The van der Waals surface area contributed by atoms with Crippen LogP contribution in [0.15, 0.2) is 77.7 Å². The van der Waals surface area contributed by atoms with E-state index in [0.29, 0.717) is 12.2 Å². The Balaban J connectivity index is 1.63. The zero-order chi connectivity index (χ0) is 18.6. The molecule has 0 bridgehead atoms. The van der Waals surface area contributed by atoms with Crippen molar-refractivity contribution < 1.29 is 8.42 Å². The molecule has 0 unspecified atom stereocenters. The van der Waals surface area contributed by atoms with Gasteiger partial charge in [0.15, 0.2) is 0 Å². The largest absolute Gasteiger partial charge is 0.381 e. The van der Waals surface area contributed by atoms with Gasteiger partial charge in [0, 0.05) is 17.9 Å². The first-order valence-electron chi connectivity index (χ1n) is 8.41. The van der Waals surface area contributed by atoms with E-state index in [2.05, 4.69) is 41.2 Å². The highest BCUT2D eigenvalue weighted by Gasteiger charge is 2.13. The van der Waals surface area contributed by atoms with Crippen LogP contribution in [0.2, 0.25) is 0 Å². The molecular formula is C21H22N2O2S. The quantitative estimate of drug-likeness (QED) is 0.664. The van der Waals surface area contributed by atoms with Gasteiger partial charge in [-0.1, -0.05) is 47.5 Å². The minimum atomic E-state index is -3.57. The van der Waals surface area contributed by atoms with Gasteiger partial charge in [0.05, 0.1) is 4.90 Å².